The highest BCUT2D eigenvalue weighted by molar-refractivity contribution is 7.09. The summed E-state index contributed by atoms with van der Waals surface area (Å²) in [5, 5.41) is 5.38. The van der Waals surface area contributed by atoms with E-state index in [2.05, 4.69) is 10.3 Å². The van der Waals surface area contributed by atoms with Gasteiger partial charge < -0.3 is 15.0 Å². The van der Waals surface area contributed by atoms with Crippen molar-refractivity contribution in [2.45, 2.75) is 19.6 Å². The van der Waals surface area contributed by atoms with Gasteiger partial charge in [-0.25, -0.2) is 4.79 Å². The molecule has 0 saturated carbocycles. The van der Waals surface area contributed by atoms with E-state index in [4.69, 9.17) is 4.74 Å². The third-order valence-electron chi connectivity index (χ3n) is 4.51. The molecular weight excluding hydrogens is 374 g/mol. The highest BCUT2D eigenvalue weighted by Gasteiger charge is 2.38. The summed E-state index contributed by atoms with van der Waals surface area (Å²) in [4.78, 5) is 32.1. The van der Waals surface area contributed by atoms with Crippen LogP contribution in [0.1, 0.15) is 44.4 Å². The lowest BCUT2D eigenvalue weighted by Crippen LogP contribution is -2.31. The second-order valence-corrected chi connectivity index (χ2v) is 7.33. The van der Waals surface area contributed by atoms with Gasteiger partial charge >= 0.3 is 5.97 Å². The van der Waals surface area contributed by atoms with E-state index in [0.717, 1.165) is 10.6 Å². The predicted molar refractivity (Wildman–Crippen MR) is 107 cm³/mol. The zero-order valence-electron chi connectivity index (χ0n) is 15.3. The summed E-state index contributed by atoms with van der Waals surface area (Å²) in [6.45, 7) is 2.62. The Bertz CT molecular complexity index is 986. The Labute approximate surface area is 166 Å². The van der Waals surface area contributed by atoms with Gasteiger partial charge in [-0.15, -0.1) is 11.3 Å². The molecular formula is C21H19N3O3S. The van der Waals surface area contributed by atoms with Gasteiger partial charge in [-0.3, -0.25) is 9.78 Å². The fraction of sp³-hybridized carbons (Fsp3) is 0.190. The number of hydrogen-bond acceptors (Lipinski definition) is 6. The SMILES string of the molecule is CCOC(=O)c1ccc(NC2c3ncccc3C(=O)N2Cc2cccs2)cc1. The van der Waals surface area contributed by atoms with Crippen LogP contribution >= 0.6 is 11.3 Å². The lowest BCUT2D eigenvalue weighted by atomic mass is 10.2. The molecule has 7 heteroatoms. The van der Waals surface area contributed by atoms with Crippen LogP contribution in [0.5, 0.6) is 0 Å². The van der Waals surface area contributed by atoms with Gasteiger partial charge in [0.15, 0.2) is 0 Å². The number of fused-ring (bicyclic) bond motifs is 1. The number of carbonyl (C=O) groups is 2. The fourth-order valence-electron chi connectivity index (χ4n) is 3.19. The van der Waals surface area contributed by atoms with Crippen LogP contribution in [0, 0.1) is 0 Å². The van der Waals surface area contributed by atoms with Gasteiger partial charge in [-0.2, -0.15) is 0 Å². The first-order valence-corrected chi connectivity index (χ1v) is 9.87. The molecule has 1 aliphatic heterocycles. The molecule has 1 unspecified atom stereocenters. The van der Waals surface area contributed by atoms with Gasteiger partial charge in [0.05, 0.1) is 30.0 Å². The number of hydrogen-bond donors (Lipinski definition) is 1. The van der Waals surface area contributed by atoms with Gasteiger partial charge in [0.2, 0.25) is 0 Å². The van der Waals surface area contributed by atoms with Crippen molar-refractivity contribution in [2.75, 3.05) is 11.9 Å². The minimum absolute atomic E-state index is 0.0443. The minimum Gasteiger partial charge on any atom is -0.462 e. The van der Waals surface area contributed by atoms with Crippen molar-refractivity contribution < 1.29 is 14.3 Å². The first kappa shape index (κ1) is 18.2. The lowest BCUT2D eigenvalue weighted by molar-refractivity contribution is 0.0526. The van der Waals surface area contributed by atoms with Gasteiger partial charge in [0.1, 0.15) is 6.17 Å². The van der Waals surface area contributed by atoms with Gasteiger partial charge in [0, 0.05) is 16.8 Å². The Morgan fingerprint density at radius 3 is 2.75 bits per heavy atom. The standard InChI is InChI=1S/C21H19N3O3S/c1-2-27-21(26)14-7-9-15(10-8-14)23-19-18-17(6-3-11-22-18)20(25)24(19)13-16-5-4-12-28-16/h3-12,19,23H,2,13H2,1H3. The number of benzene rings is 1. The largest absolute Gasteiger partial charge is 0.462 e. The van der Waals surface area contributed by atoms with Crippen LogP contribution in [0.25, 0.3) is 0 Å². The molecule has 28 heavy (non-hydrogen) atoms. The molecule has 0 fully saturated rings. The number of aromatic nitrogens is 1. The molecule has 6 nitrogen and oxygen atoms in total. The summed E-state index contributed by atoms with van der Waals surface area (Å²) < 4.78 is 5.02. The van der Waals surface area contributed by atoms with Gasteiger partial charge in [0.25, 0.3) is 5.91 Å². The Morgan fingerprint density at radius 1 is 1.21 bits per heavy atom. The molecule has 3 heterocycles. The van der Waals surface area contributed by atoms with E-state index >= 15 is 0 Å². The summed E-state index contributed by atoms with van der Waals surface area (Å²) in [5.74, 6) is -0.395. The van der Waals surface area contributed by atoms with Crippen LogP contribution in [0.15, 0.2) is 60.1 Å². The van der Waals surface area contributed by atoms with Crippen LogP contribution in [0.2, 0.25) is 0 Å². The molecule has 0 bridgehead atoms. The average Bonchev–Trinajstić information content (AvgIpc) is 3.32. The van der Waals surface area contributed by atoms with Crippen molar-refractivity contribution in [3.8, 4) is 0 Å². The van der Waals surface area contributed by atoms with Crippen LogP contribution in [0.3, 0.4) is 0 Å². The number of ether oxygens (including phenoxy) is 1. The first-order chi connectivity index (χ1) is 13.7. The third-order valence-corrected chi connectivity index (χ3v) is 5.37. The molecule has 1 atom stereocenters. The maximum absolute atomic E-state index is 12.9. The minimum atomic E-state index is -0.376. The number of nitrogens with zero attached hydrogens (tertiary/aromatic N) is 2. The summed E-state index contributed by atoms with van der Waals surface area (Å²) in [5.41, 5.74) is 2.60. The van der Waals surface area contributed by atoms with Crippen molar-refractivity contribution in [1.29, 1.82) is 0 Å². The highest BCUT2D eigenvalue weighted by Crippen LogP contribution is 2.34. The van der Waals surface area contributed by atoms with E-state index in [1.165, 1.54) is 0 Å². The molecule has 1 N–H and O–H groups in total. The zero-order chi connectivity index (χ0) is 19.5. The molecule has 0 radical (unpaired) electrons. The van der Waals surface area contributed by atoms with E-state index < -0.39 is 0 Å². The van der Waals surface area contributed by atoms with Crippen LogP contribution < -0.4 is 5.32 Å². The molecule has 0 aliphatic carbocycles. The van der Waals surface area contributed by atoms with Crippen LogP contribution in [-0.2, 0) is 11.3 Å². The van der Waals surface area contributed by atoms with Gasteiger partial charge in [-0.1, -0.05) is 6.07 Å². The molecule has 1 aromatic carbocycles. The number of pyridine rings is 1. The van der Waals surface area contributed by atoms with Crippen molar-refractivity contribution in [3.05, 3.63) is 81.8 Å². The number of thiophene rings is 1. The lowest BCUT2D eigenvalue weighted by Gasteiger charge is -2.26. The molecule has 1 amide bonds. The fourth-order valence-corrected chi connectivity index (χ4v) is 3.89. The molecule has 0 spiro atoms. The zero-order valence-corrected chi connectivity index (χ0v) is 16.1. The van der Waals surface area contributed by atoms with E-state index in [9.17, 15) is 9.59 Å². The second-order valence-electron chi connectivity index (χ2n) is 6.29. The highest BCUT2D eigenvalue weighted by atomic mass is 32.1. The number of esters is 1. The topological polar surface area (TPSA) is 71.5 Å². The second kappa shape index (κ2) is 7.82. The number of anilines is 1. The Kier molecular flexibility index (Phi) is 5.08. The van der Waals surface area contributed by atoms with E-state index in [1.54, 1.807) is 65.8 Å². The monoisotopic (exact) mass is 393 g/mol. The predicted octanol–water partition coefficient (Wildman–Crippen LogP) is 4.09. The number of nitrogens with one attached hydrogen (secondary N) is 1. The molecule has 1 aliphatic rings. The smallest absolute Gasteiger partial charge is 0.338 e. The van der Waals surface area contributed by atoms with Crippen molar-refractivity contribution in [1.82, 2.24) is 9.88 Å². The Balaban J connectivity index is 1.60. The Morgan fingerprint density at radius 2 is 2.04 bits per heavy atom. The average molecular weight is 393 g/mol. The Hall–Kier alpha value is -3.19. The number of rotatable bonds is 6. The normalized spacial score (nSPS) is 15.4. The molecule has 0 saturated heterocycles. The summed E-state index contributed by atoms with van der Waals surface area (Å²) in [7, 11) is 0. The van der Waals surface area contributed by atoms with Crippen LogP contribution in [0.4, 0.5) is 5.69 Å². The quantitative estimate of drug-likeness (QED) is 0.639. The van der Waals surface area contributed by atoms with Gasteiger partial charge in [-0.05, 0) is 54.8 Å². The van der Waals surface area contributed by atoms with E-state index in [-0.39, 0.29) is 18.0 Å². The first-order valence-electron chi connectivity index (χ1n) is 8.99. The number of carbonyl (C=O) groups excluding carboxylic acids is 2. The molecule has 2 aromatic heterocycles. The maximum Gasteiger partial charge on any atom is 0.338 e. The third kappa shape index (κ3) is 3.48. The summed E-state index contributed by atoms with van der Waals surface area (Å²) in [6, 6.07) is 14.6. The molecule has 3 aromatic rings. The van der Waals surface area contributed by atoms with E-state index in [0.29, 0.717) is 30.0 Å². The van der Waals surface area contributed by atoms with Crippen molar-refractivity contribution in [3.63, 3.8) is 0 Å². The summed E-state index contributed by atoms with van der Waals surface area (Å²) in [6.07, 6.45) is 1.32. The maximum atomic E-state index is 12.9. The van der Waals surface area contributed by atoms with E-state index in [1.807, 2.05) is 17.5 Å². The molecule has 142 valence electrons. The molecule has 4 rings (SSSR count). The number of amides is 1. The van der Waals surface area contributed by atoms with Crippen molar-refractivity contribution >= 4 is 28.9 Å². The summed E-state index contributed by atoms with van der Waals surface area (Å²) >= 11 is 1.62. The van der Waals surface area contributed by atoms with Crippen LogP contribution in [-0.4, -0.2) is 28.4 Å². The van der Waals surface area contributed by atoms with Crippen molar-refractivity contribution in [2.24, 2.45) is 0 Å².